The van der Waals surface area contributed by atoms with Crippen LogP contribution in [0.1, 0.15) is 31.2 Å². The molecule has 1 unspecified atom stereocenters. The molecule has 2 aromatic carbocycles. The normalized spacial score (nSPS) is 13.7. The Labute approximate surface area is 164 Å². The number of sulfone groups is 1. The van der Waals surface area contributed by atoms with Crippen LogP contribution in [0.2, 0.25) is 5.02 Å². The van der Waals surface area contributed by atoms with E-state index >= 15 is 0 Å². The van der Waals surface area contributed by atoms with Crippen molar-refractivity contribution in [2.24, 2.45) is 0 Å². The molecule has 0 fully saturated rings. The lowest BCUT2D eigenvalue weighted by Crippen LogP contribution is -2.37. The smallest absolute Gasteiger partial charge is 0.188 e. The van der Waals surface area contributed by atoms with Crippen LogP contribution in [0.15, 0.2) is 72.7 Å². The van der Waals surface area contributed by atoms with Crippen molar-refractivity contribution in [3.05, 3.63) is 90.0 Å². The molecule has 1 atom stereocenters. The fourth-order valence-electron chi connectivity index (χ4n) is 3.19. The average molecular weight is 411 g/mol. The maximum Gasteiger partial charge on any atom is 0.188 e. The maximum atomic E-state index is 14.7. The average Bonchev–Trinajstić information content (AvgIpc) is 2.63. The van der Waals surface area contributed by atoms with E-state index in [0.29, 0.717) is 17.9 Å². The highest BCUT2D eigenvalue weighted by atomic mass is 35.5. The van der Waals surface area contributed by atoms with Crippen LogP contribution in [0, 0.1) is 11.6 Å². The van der Waals surface area contributed by atoms with E-state index in [1.54, 1.807) is 6.08 Å². The standard InChI is InChI=1S/C21H21ClF2O2S/c1-3-5-6-14-21(13-4-2,19-15-17(23)9-12-20(19)24)27(25,26)18-10-7-16(22)8-11-18/h3-4,7-12,15H,1-2,5-6,13-14H2. The molecular formula is C21H21ClF2O2S. The molecule has 0 N–H and O–H groups in total. The van der Waals surface area contributed by atoms with E-state index in [9.17, 15) is 17.2 Å². The van der Waals surface area contributed by atoms with Crippen molar-refractivity contribution < 1.29 is 17.2 Å². The molecule has 2 nitrogen and oxygen atoms in total. The molecule has 0 heterocycles. The first-order chi connectivity index (χ1) is 12.8. The van der Waals surface area contributed by atoms with E-state index in [1.165, 1.54) is 30.3 Å². The molecule has 0 aromatic heterocycles. The third-order valence-corrected chi connectivity index (χ3v) is 7.28. The van der Waals surface area contributed by atoms with Crippen molar-refractivity contribution >= 4 is 21.4 Å². The molecule has 0 aliphatic rings. The number of halogens is 3. The third-order valence-electron chi connectivity index (χ3n) is 4.52. The molecule has 0 spiro atoms. The first-order valence-corrected chi connectivity index (χ1v) is 10.3. The van der Waals surface area contributed by atoms with Crippen LogP contribution in [0.25, 0.3) is 0 Å². The lowest BCUT2D eigenvalue weighted by atomic mass is 9.89. The Morgan fingerprint density at radius 2 is 1.70 bits per heavy atom. The molecule has 0 bridgehead atoms. The quantitative estimate of drug-likeness (QED) is 0.363. The minimum Gasteiger partial charge on any atom is -0.223 e. The van der Waals surface area contributed by atoms with Crippen LogP contribution in [-0.2, 0) is 14.6 Å². The monoisotopic (exact) mass is 410 g/mol. The summed E-state index contributed by atoms with van der Waals surface area (Å²) >= 11 is 5.87. The molecule has 0 saturated heterocycles. The van der Waals surface area contributed by atoms with Gasteiger partial charge in [0.05, 0.1) is 4.90 Å². The van der Waals surface area contributed by atoms with E-state index < -0.39 is 26.2 Å². The van der Waals surface area contributed by atoms with E-state index in [2.05, 4.69) is 13.2 Å². The second-order valence-electron chi connectivity index (χ2n) is 6.25. The highest BCUT2D eigenvalue weighted by Crippen LogP contribution is 2.44. The fraction of sp³-hybridized carbons (Fsp3) is 0.238. The Hall–Kier alpha value is -1.98. The second-order valence-corrected chi connectivity index (χ2v) is 8.95. The summed E-state index contributed by atoms with van der Waals surface area (Å²) in [4.78, 5) is -0.00369. The molecule has 0 radical (unpaired) electrons. The molecule has 0 aliphatic heterocycles. The number of allylic oxidation sites excluding steroid dienone is 2. The van der Waals surface area contributed by atoms with E-state index in [-0.39, 0.29) is 23.3 Å². The SMILES string of the molecule is C=CCCCC(CC=C)(c1cc(F)ccc1F)S(=O)(=O)c1ccc(Cl)cc1. The van der Waals surface area contributed by atoms with Gasteiger partial charge in [-0.05, 0) is 68.1 Å². The summed E-state index contributed by atoms with van der Waals surface area (Å²) in [5, 5.41) is 0.381. The van der Waals surface area contributed by atoms with Crippen molar-refractivity contribution in [1.29, 1.82) is 0 Å². The number of unbranched alkanes of at least 4 members (excludes halogenated alkanes) is 1. The predicted molar refractivity (Wildman–Crippen MR) is 106 cm³/mol. The number of benzene rings is 2. The molecule has 0 amide bonds. The van der Waals surface area contributed by atoms with Gasteiger partial charge in [-0.25, -0.2) is 17.2 Å². The fourth-order valence-corrected chi connectivity index (χ4v) is 5.45. The molecular weight excluding hydrogens is 390 g/mol. The van der Waals surface area contributed by atoms with Crippen LogP contribution >= 0.6 is 11.6 Å². The Kier molecular flexibility index (Phi) is 6.95. The summed E-state index contributed by atoms with van der Waals surface area (Å²) in [6, 6.07) is 8.54. The van der Waals surface area contributed by atoms with E-state index in [1.807, 2.05) is 0 Å². The van der Waals surface area contributed by atoms with Crippen LogP contribution in [0.5, 0.6) is 0 Å². The van der Waals surface area contributed by atoms with Crippen LogP contribution in [0.3, 0.4) is 0 Å². The minimum absolute atomic E-state index is 0.00369. The lowest BCUT2D eigenvalue weighted by molar-refractivity contribution is 0.457. The highest BCUT2D eigenvalue weighted by Gasteiger charge is 2.46. The third kappa shape index (κ3) is 4.30. The zero-order chi connectivity index (χ0) is 20.1. The molecule has 27 heavy (non-hydrogen) atoms. The molecule has 2 aromatic rings. The summed E-state index contributed by atoms with van der Waals surface area (Å²) in [6.07, 6.45) is 4.11. The number of rotatable bonds is 9. The van der Waals surface area contributed by atoms with Crippen LogP contribution in [0.4, 0.5) is 8.78 Å². The lowest BCUT2D eigenvalue weighted by Gasteiger charge is -2.33. The molecule has 0 saturated carbocycles. The molecule has 0 aliphatic carbocycles. The highest BCUT2D eigenvalue weighted by molar-refractivity contribution is 7.92. The summed E-state index contributed by atoms with van der Waals surface area (Å²) in [7, 11) is -4.09. The van der Waals surface area contributed by atoms with Gasteiger partial charge in [-0.3, -0.25) is 0 Å². The van der Waals surface area contributed by atoms with Gasteiger partial charge in [0, 0.05) is 10.6 Å². The summed E-state index contributed by atoms with van der Waals surface area (Å²) < 4.78 is 54.2. The van der Waals surface area contributed by atoms with Gasteiger partial charge in [-0.15, -0.1) is 13.2 Å². The zero-order valence-corrected chi connectivity index (χ0v) is 16.4. The first-order valence-electron chi connectivity index (χ1n) is 8.46. The number of hydrogen-bond donors (Lipinski definition) is 0. The van der Waals surface area contributed by atoms with Gasteiger partial charge < -0.3 is 0 Å². The van der Waals surface area contributed by atoms with E-state index in [0.717, 1.165) is 18.2 Å². The van der Waals surface area contributed by atoms with Gasteiger partial charge in [-0.2, -0.15) is 0 Å². The molecule has 144 valence electrons. The maximum absolute atomic E-state index is 14.7. The predicted octanol–water partition coefficient (Wildman–Crippen LogP) is 6.22. The molecule has 2 rings (SSSR count). The van der Waals surface area contributed by atoms with Gasteiger partial charge in [0.2, 0.25) is 0 Å². The van der Waals surface area contributed by atoms with Crippen LogP contribution < -0.4 is 0 Å². The summed E-state index contributed by atoms with van der Waals surface area (Å²) in [5.74, 6) is -1.47. The Morgan fingerprint density at radius 1 is 1.04 bits per heavy atom. The first kappa shape index (κ1) is 21.3. The van der Waals surface area contributed by atoms with Gasteiger partial charge in [-0.1, -0.05) is 23.8 Å². The largest absolute Gasteiger partial charge is 0.223 e. The Morgan fingerprint density at radius 3 is 2.30 bits per heavy atom. The van der Waals surface area contributed by atoms with Crippen molar-refractivity contribution in [2.75, 3.05) is 0 Å². The van der Waals surface area contributed by atoms with Crippen LogP contribution in [-0.4, -0.2) is 8.42 Å². The Bertz CT molecular complexity index is 924. The van der Waals surface area contributed by atoms with Gasteiger partial charge in [0.15, 0.2) is 9.84 Å². The minimum atomic E-state index is -4.09. The van der Waals surface area contributed by atoms with Crippen molar-refractivity contribution in [3.8, 4) is 0 Å². The van der Waals surface area contributed by atoms with Crippen molar-refractivity contribution in [2.45, 2.75) is 35.3 Å². The van der Waals surface area contributed by atoms with Gasteiger partial charge in [0.1, 0.15) is 16.4 Å². The molecule has 6 heteroatoms. The summed E-state index contributed by atoms with van der Waals surface area (Å²) in [5.41, 5.74) is -0.193. The second kappa shape index (κ2) is 8.81. The zero-order valence-electron chi connectivity index (χ0n) is 14.8. The van der Waals surface area contributed by atoms with Crippen molar-refractivity contribution in [3.63, 3.8) is 0 Å². The summed E-state index contributed by atoms with van der Waals surface area (Å²) in [6.45, 7) is 7.29. The van der Waals surface area contributed by atoms with Crippen molar-refractivity contribution in [1.82, 2.24) is 0 Å². The topological polar surface area (TPSA) is 34.1 Å². The number of hydrogen-bond acceptors (Lipinski definition) is 2. The van der Waals surface area contributed by atoms with Gasteiger partial charge >= 0.3 is 0 Å². The Balaban J connectivity index is 2.76. The van der Waals surface area contributed by atoms with E-state index in [4.69, 9.17) is 11.6 Å². The van der Waals surface area contributed by atoms with Gasteiger partial charge in [0.25, 0.3) is 0 Å².